The molecule has 3 rings (SSSR count). The van der Waals surface area contributed by atoms with Crippen LogP contribution in [0.5, 0.6) is 0 Å². The summed E-state index contributed by atoms with van der Waals surface area (Å²) in [4.78, 5) is 16.5. The Balaban J connectivity index is 1.59. The molecule has 0 unspecified atom stereocenters. The average Bonchev–Trinajstić information content (AvgIpc) is 3.11. The SMILES string of the molecule is COC(=O)c1ccc(CN2C[C@@H](C)N(Cc3ccco3)[C@@H](C)C2)cc1. The van der Waals surface area contributed by atoms with Gasteiger partial charge >= 0.3 is 5.97 Å². The van der Waals surface area contributed by atoms with Crippen molar-refractivity contribution in [3.63, 3.8) is 0 Å². The highest BCUT2D eigenvalue weighted by Gasteiger charge is 2.29. The molecule has 134 valence electrons. The molecule has 2 heterocycles. The lowest BCUT2D eigenvalue weighted by Crippen LogP contribution is -2.55. The van der Waals surface area contributed by atoms with E-state index in [2.05, 4.69) is 23.6 Å². The van der Waals surface area contributed by atoms with Gasteiger partial charge in [0.1, 0.15) is 5.76 Å². The quantitative estimate of drug-likeness (QED) is 0.781. The second kappa shape index (κ2) is 7.85. The van der Waals surface area contributed by atoms with E-state index in [1.165, 1.54) is 12.7 Å². The van der Waals surface area contributed by atoms with Crippen LogP contribution in [0, 0.1) is 0 Å². The molecule has 2 atom stereocenters. The van der Waals surface area contributed by atoms with Gasteiger partial charge in [-0.05, 0) is 43.7 Å². The molecule has 1 aliphatic rings. The fourth-order valence-electron chi connectivity index (χ4n) is 3.61. The first-order valence-corrected chi connectivity index (χ1v) is 8.74. The summed E-state index contributed by atoms with van der Waals surface area (Å²) < 4.78 is 10.2. The highest BCUT2D eigenvalue weighted by atomic mass is 16.5. The number of nitrogens with zero attached hydrogens (tertiary/aromatic N) is 2. The monoisotopic (exact) mass is 342 g/mol. The molecule has 0 aliphatic carbocycles. The van der Waals surface area contributed by atoms with Gasteiger partial charge in [-0.2, -0.15) is 0 Å². The van der Waals surface area contributed by atoms with Gasteiger partial charge in [0.05, 0.1) is 25.5 Å². The van der Waals surface area contributed by atoms with E-state index < -0.39 is 0 Å². The highest BCUT2D eigenvalue weighted by molar-refractivity contribution is 5.89. The van der Waals surface area contributed by atoms with Crippen molar-refractivity contribution >= 4 is 5.97 Å². The molecule has 0 bridgehead atoms. The van der Waals surface area contributed by atoms with Crippen molar-refractivity contribution in [3.8, 4) is 0 Å². The topological polar surface area (TPSA) is 45.9 Å². The second-order valence-electron chi connectivity index (χ2n) is 6.83. The number of piperazine rings is 1. The van der Waals surface area contributed by atoms with E-state index in [0.717, 1.165) is 31.9 Å². The minimum Gasteiger partial charge on any atom is -0.468 e. The first-order chi connectivity index (χ1) is 12.1. The molecule has 25 heavy (non-hydrogen) atoms. The number of methoxy groups -OCH3 is 1. The maximum absolute atomic E-state index is 11.5. The Morgan fingerprint density at radius 3 is 2.36 bits per heavy atom. The molecule has 0 spiro atoms. The van der Waals surface area contributed by atoms with Gasteiger partial charge in [-0.1, -0.05) is 12.1 Å². The minimum atomic E-state index is -0.291. The number of carbonyl (C=O) groups is 1. The van der Waals surface area contributed by atoms with Crippen molar-refractivity contribution in [2.45, 2.75) is 39.0 Å². The lowest BCUT2D eigenvalue weighted by molar-refractivity contribution is 0.0246. The maximum Gasteiger partial charge on any atom is 0.337 e. The molecular formula is C20H26N2O3. The number of hydrogen-bond donors (Lipinski definition) is 0. The Hall–Kier alpha value is -2.11. The lowest BCUT2D eigenvalue weighted by Gasteiger charge is -2.44. The van der Waals surface area contributed by atoms with Gasteiger partial charge in [0, 0.05) is 31.7 Å². The number of benzene rings is 1. The third-order valence-corrected chi connectivity index (χ3v) is 4.88. The van der Waals surface area contributed by atoms with E-state index in [9.17, 15) is 4.79 Å². The first-order valence-electron chi connectivity index (χ1n) is 8.74. The Kier molecular flexibility index (Phi) is 5.56. The Labute approximate surface area is 149 Å². The molecule has 1 aromatic heterocycles. The predicted molar refractivity (Wildman–Crippen MR) is 96.2 cm³/mol. The van der Waals surface area contributed by atoms with Crippen LogP contribution in [0.2, 0.25) is 0 Å². The molecule has 1 saturated heterocycles. The summed E-state index contributed by atoms with van der Waals surface area (Å²) in [5, 5.41) is 0. The van der Waals surface area contributed by atoms with Gasteiger partial charge in [0.2, 0.25) is 0 Å². The molecule has 1 aromatic carbocycles. The van der Waals surface area contributed by atoms with E-state index >= 15 is 0 Å². The lowest BCUT2D eigenvalue weighted by atomic mass is 10.1. The van der Waals surface area contributed by atoms with E-state index in [0.29, 0.717) is 17.6 Å². The van der Waals surface area contributed by atoms with Crippen molar-refractivity contribution in [2.75, 3.05) is 20.2 Å². The molecule has 1 aliphatic heterocycles. The normalized spacial score (nSPS) is 22.0. The summed E-state index contributed by atoms with van der Waals surface area (Å²) >= 11 is 0. The number of hydrogen-bond acceptors (Lipinski definition) is 5. The van der Waals surface area contributed by atoms with Crippen LogP contribution in [0.25, 0.3) is 0 Å². The van der Waals surface area contributed by atoms with Crippen LogP contribution in [-0.4, -0.2) is 48.1 Å². The maximum atomic E-state index is 11.5. The predicted octanol–water partition coefficient (Wildman–Crippen LogP) is 3.16. The Morgan fingerprint density at radius 2 is 1.80 bits per heavy atom. The zero-order chi connectivity index (χ0) is 17.8. The molecule has 5 nitrogen and oxygen atoms in total. The Morgan fingerprint density at radius 1 is 1.12 bits per heavy atom. The van der Waals surface area contributed by atoms with Crippen molar-refractivity contribution in [2.24, 2.45) is 0 Å². The molecule has 1 fully saturated rings. The summed E-state index contributed by atoms with van der Waals surface area (Å²) in [6.07, 6.45) is 1.74. The van der Waals surface area contributed by atoms with Gasteiger partial charge in [-0.3, -0.25) is 9.80 Å². The summed E-state index contributed by atoms with van der Waals surface area (Å²) in [5.41, 5.74) is 1.81. The van der Waals surface area contributed by atoms with Crippen LogP contribution in [0.4, 0.5) is 0 Å². The van der Waals surface area contributed by atoms with Crippen LogP contribution in [0.3, 0.4) is 0 Å². The van der Waals surface area contributed by atoms with E-state index in [-0.39, 0.29) is 5.97 Å². The Bertz CT molecular complexity index is 669. The number of esters is 1. The van der Waals surface area contributed by atoms with Gasteiger partial charge in [-0.15, -0.1) is 0 Å². The molecule has 0 radical (unpaired) electrons. The van der Waals surface area contributed by atoms with Crippen LogP contribution in [0.15, 0.2) is 47.1 Å². The second-order valence-corrected chi connectivity index (χ2v) is 6.83. The third-order valence-electron chi connectivity index (χ3n) is 4.88. The minimum absolute atomic E-state index is 0.291. The first kappa shape index (κ1) is 17.7. The van der Waals surface area contributed by atoms with Crippen molar-refractivity contribution in [1.29, 1.82) is 0 Å². The zero-order valence-corrected chi connectivity index (χ0v) is 15.1. The van der Waals surface area contributed by atoms with Gasteiger partial charge in [0.15, 0.2) is 0 Å². The fourth-order valence-corrected chi connectivity index (χ4v) is 3.61. The molecule has 0 saturated carbocycles. The van der Waals surface area contributed by atoms with Gasteiger partial charge in [0.25, 0.3) is 0 Å². The van der Waals surface area contributed by atoms with Crippen LogP contribution >= 0.6 is 0 Å². The summed E-state index contributed by atoms with van der Waals surface area (Å²) in [5.74, 6) is 0.728. The van der Waals surface area contributed by atoms with Gasteiger partial charge in [-0.25, -0.2) is 4.79 Å². The molecular weight excluding hydrogens is 316 g/mol. The van der Waals surface area contributed by atoms with Crippen LogP contribution in [-0.2, 0) is 17.8 Å². The molecule has 0 N–H and O–H groups in total. The van der Waals surface area contributed by atoms with Gasteiger partial charge < -0.3 is 9.15 Å². The number of furan rings is 1. The number of carbonyl (C=O) groups excluding carboxylic acids is 1. The highest BCUT2D eigenvalue weighted by Crippen LogP contribution is 2.21. The molecule has 5 heteroatoms. The smallest absolute Gasteiger partial charge is 0.337 e. The van der Waals surface area contributed by atoms with E-state index in [4.69, 9.17) is 9.15 Å². The van der Waals surface area contributed by atoms with Crippen molar-refractivity contribution in [1.82, 2.24) is 9.80 Å². The fraction of sp³-hybridized carbons (Fsp3) is 0.450. The third kappa shape index (κ3) is 4.30. The van der Waals surface area contributed by atoms with E-state index in [1.807, 2.05) is 36.4 Å². The van der Waals surface area contributed by atoms with Crippen molar-refractivity contribution in [3.05, 3.63) is 59.5 Å². The average molecular weight is 342 g/mol. The van der Waals surface area contributed by atoms with Crippen LogP contribution < -0.4 is 0 Å². The number of rotatable bonds is 5. The summed E-state index contributed by atoms with van der Waals surface area (Å²) in [6.45, 7) is 8.33. The summed E-state index contributed by atoms with van der Waals surface area (Å²) in [7, 11) is 1.40. The van der Waals surface area contributed by atoms with Crippen molar-refractivity contribution < 1.29 is 13.9 Å². The molecule has 2 aromatic rings. The summed E-state index contributed by atoms with van der Waals surface area (Å²) in [6, 6.07) is 12.6. The number of ether oxygens (including phenoxy) is 1. The largest absolute Gasteiger partial charge is 0.468 e. The van der Waals surface area contributed by atoms with E-state index in [1.54, 1.807) is 6.26 Å². The molecule has 0 amide bonds. The standard InChI is InChI=1S/C20H26N2O3/c1-15-11-21(12-16(2)22(15)14-19-5-4-10-25-19)13-17-6-8-18(9-7-17)20(23)24-3/h4-10,15-16H,11-14H2,1-3H3/t15-,16+. The van der Waals surface area contributed by atoms with Crippen LogP contribution in [0.1, 0.15) is 35.5 Å². The zero-order valence-electron chi connectivity index (χ0n) is 15.1.